The average Bonchev–Trinajstić information content (AvgIpc) is 2.84. The summed E-state index contributed by atoms with van der Waals surface area (Å²) in [5.74, 6) is 0. The van der Waals surface area contributed by atoms with E-state index in [2.05, 4.69) is 15.6 Å². The second-order valence-corrected chi connectivity index (χ2v) is 5.81. The molecule has 0 radical (unpaired) electrons. The van der Waals surface area contributed by atoms with Crippen molar-refractivity contribution in [1.82, 2.24) is 10.3 Å². The molecule has 0 saturated heterocycles. The van der Waals surface area contributed by atoms with Crippen LogP contribution < -0.4 is 10.6 Å². The molecule has 6 heteroatoms. The van der Waals surface area contributed by atoms with Crippen LogP contribution in [0.5, 0.6) is 0 Å². The molecule has 5 nitrogen and oxygen atoms in total. The summed E-state index contributed by atoms with van der Waals surface area (Å²) < 4.78 is 0. The number of hydrogen-bond acceptors (Lipinski definition) is 4. The highest BCUT2D eigenvalue weighted by molar-refractivity contribution is 7.13. The zero-order chi connectivity index (χ0) is 15.2. The van der Waals surface area contributed by atoms with E-state index < -0.39 is 6.10 Å². The van der Waals surface area contributed by atoms with E-state index >= 15 is 0 Å². The number of aromatic nitrogens is 1. The molecule has 2 rings (SSSR count). The number of rotatable bonds is 5. The molecule has 1 aromatic carbocycles. The van der Waals surface area contributed by atoms with Gasteiger partial charge in [-0.05, 0) is 25.8 Å². The Labute approximate surface area is 128 Å². The van der Waals surface area contributed by atoms with Crippen LogP contribution in [0.3, 0.4) is 0 Å². The third kappa shape index (κ3) is 4.84. The van der Waals surface area contributed by atoms with Crippen molar-refractivity contribution in [3.63, 3.8) is 0 Å². The van der Waals surface area contributed by atoms with Gasteiger partial charge in [0.15, 0.2) is 5.13 Å². The van der Waals surface area contributed by atoms with Gasteiger partial charge in [0.05, 0.1) is 11.8 Å². The molecule has 112 valence electrons. The lowest BCUT2D eigenvalue weighted by atomic mass is 10.0. The van der Waals surface area contributed by atoms with Crippen molar-refractivity contribution in [2.75, 3.05) is 5.32 Å². The molecule has 0 saturated carbocycles. The Morgan fingerprint density at radius 1 is 1.38 bits per heavy atom. The number of urea groups is 1. The highest BCUT2D eigenvalue weighted by atomic mass is 32.1. The molecule has 0 spiro atoms. The van der Waals surface area contributed by atoms with Crippen LogP contribution in [0.1, 0.15) is 30.7 Å². The monoisotopic (exact) mass is 305 g/mol. The lowest BCUT2D eigenvalue weighted by molar-refractivity contribution is 0.155. The molecule has 1 aromatic heterocycles. The molecule has 3 N–H and O–H groups in total. The van der Waals surface area contributed by atoms with Gasteiger partial charge in [-0.1, -0.05) is 30.3 Å². The van der Waals surface area contributed by atoms with Crippen LogP contribution >= 0.6 is 11.3 Å². The second-order valence-electron chi connectivity index (χ2n) is 4.96. The Kier molecular flexibility index (Phi) is 5.30. The Hall–Kier alpha value is -1.92. The molecular formula is C15H19N3O2S. The fraction of sp³-hybridized carbons (Fsp3) is 0.333. The van der Waals surface area contributed by atoms with Crippen molar-refractivity contribution >= 4 is 22.5 Å². The van der Waals surface area contributed by atoms with Crippen molar-refractivity contribution in [2.24, 2.45) is 0 Å². The van der Waals surface area contributed by atoms with Crippen molar-refractivity contribution < 1.29 is 9.90 Å². The lowest BCUT2D eigenvalue weighted by Crippen LogP contribution is -2.37. The predicted octanol–water partition coefficient (Wildman–Crippen LogP) is 3.09. The predicted molar refractivity (Wildman–Crippen MR) is 84.5 cm³/mol. The van der Waals surface area contributed by atoms with Crippen LogP contribution in [0.4, 0.5) is 9.93 Å². The van der Waals surface area contributed by atoms with Crippen LogP contribution in [0.25, 0.3) is 0 Å². The van der Waals surface area contributed by atoms with Gasteiger partial charge < -0.3 is 10.4 Å². The molecule has 2 aromatic rings. The minimum atomic E-state index is -0.594. The van der Waals surface area contributed by atoms with Crippen LogP contribution in [0.15, 0.2) is 35.7 Å². The van der Waals surface area contributed by atoms with Gasteiger partial charge in [0.25, 0.3) is 0 Å². The summed E-state index contributed by atoms with van der Waals surface area (Å²) in [7, 11) is 0. The van der Waals surface area contributed by atoms with Gasteiger partial charge >= 0.3 is 6.03 Å². The summed E-state index contributed by atoms with van der Waals surface area (Å²) in [6.45, 7) is 3.73. The van der Waals surface area contributed by atoms with E-state index in [1.54, 1.807) is 0 Å². The molecular weight excluding hydrogens is 286 g/mol. The van der Waals surface area contributed by atoms with Crippen LogP contribution in [-0.4, -0.2) is 22.2 Å². The number of nitrogens with one attached hydrogen (secondary N) is 2. The van der Waals surface area contributed by atoms with Gasteiger partial charge in [-0.15, -0.1) is 11.3 Å². The molecule has 21 heavy (non-hydrogen) atoms. The van der Waals surface area contributed by atoms with E-state index in [1.807, 2.05) is 49.6 Å². The molecule has 2 amide bonds. The summed E-state index contributed by atoms with van der Waals surface area (Å²) in [6.07, 6.45) is -0.141. The number of nitrogens with zero attached hydrogens (tertiary/aromatic N) is 1. The standard InChI is InChI=1S/C15H19N3O2S/c1-10(8-13(19)12-6-4-3-5-7-12)16-14(20)18-15-17-11(2)9-21-15/h3-7,9-10,13,19H,8H2,1-2H3,(H2,16,17,18,20). The van der Waals surface area contributed by atoms with Gasteiger partial charge in [-0.3, -0.25) is 5.32 Å². The molecule has 0 aliphatic carbocycles. The van der Waals surface area contributed by atoms with E-state index in [1.165, 1.54) is 11.3 Å². The highest BCUT2D eigenvalue weighted by Gasteiger charge is 2.14. The Morgan fingerprint density at radius 3 is 2.71 bits per heavy atom. The Morgan fingerprint density at radius 2 is 2.10 bits per heavy atom. The molecule has 0 bridgehead atoms. The molecule has 2 unspecified atom stereocenters. The van der Waals surface area contributed by atoms with Gasteiger partial charge in [-0.25, -0.2) is 9.78 Å². The number of aryl methyl sites for hydroxylation is 1. The summed E-state index contributed by atoms with van der Waals surface area (Å²) in [5.41, 5.74) is 1.73. The van der Waals surface area contributed by atoms with Gasteiger partial charge in [0.2, 0.25) is 0 Å². The van der Waals surface area contributed by atoms with Crippen molar-refractivity contribution in [1.29, 1.82) is 0 Å². The zero-order valence-corrected chi connectivity index (χ0v) is 12.9. The fourth-order valence-corrected chi connectivity index (χ4v) is 2.66. The minimum absolute atomic E-state index is 0.152. The van der Waals surface area contributed by atoms with Crippen LogP contribution in [0, 0.1) is 6.92 Å². The summed E-state index contributed by atoms with van der Waals surface area (Å²) in [5, 5.41) is 18.0. The first kappa shape index (κ1) is 15.5. The smallest absolute Gasteiger partial charge is 0.321 e. The topological polar surface area (TPSA) is 74.2 Å². The molecule has 0 fully saturated rings. The Balaban J connectivity index is 1.81. The number of carbonyl (C=O) groups excluding carboxylic acids is 1. The van der Waals surface area contributed by atoms with Crippen molar-refractivity contribution in [3.8, 4) is 0 Å². The average molecular weight is 305 g/mol. The second kappa shape index (κ2) is 7.19. The normalized spacial score (nSPS) is 13.5. The molecule has 1 heterocycles. The summed E-state index contributed by atoms with van der Waals surface area (Å²) in [4.78, 5) is 16.0. The van der Waals surface area contributed by atoms with Crippen molar-refractivity contribution in [3.05, 3.63) is 47.0 Å². The first-order valence-electron chi connectivity index (χ1n) is 6.77. The van der Waals surface area contributed by atoms with E-state index in [-0.39, 0.29) is 12.1 Å². The zero-order valence-electron chi connectivity index (χ0n) is 12.0. The van der Waals surface area contributed by atoms with Crippen LogP contribution in [0.2, 0.25) is 0 Å². The van der Waals surface area contributed by atoms with E-state index in [4.69, 9.17) is 0 Å². The van der Waals surface area contributed by atoms with Gasteiger partial charge in [-0.2, -0.15) is 0 Å². The molecule has 2 atom stereocenters. The van der Waals surface area contributed by atoms with E-state index in [0.717, 1.165) is 11.3 Å². The number of amides is 2. The number of anilines is 1. The number of benzene rings is 1. The number of aliphatic hydroxyl groups is 1. The number of thiazole rings is 1. The maximum Gasteiger partial charge on any atom is 0.321 e. The molecule has 0 aliphatic heterocycles. The third-order valence-electron chi connectivity index (χ3n) is 2.98. The number of hydrogen-bond donors (Lipinski definition) is 3. The highest BCUT2D eigenvalue weighted by Crippen LogP contribution is 2.18. The number of carbonyl (C=O) groups is 1. The fourth-order valence-electron chi connectivity index (χ4n) is 1.97. The first-order valence-corrected chi connectivity index (χ1v) is 7.65. The first-order chi connectivity index (χ1) is 10.0. The SMILES string of the molecule is Cc1csc(NC(=O)NC(C)CC(O)c2ccccc2)n1. The van der Waals surface area contributed by atoms with Crippen LogP contribution in [-0.2, 0) is 0 Å². The quantitative estimate of drug-likeness (QED) is 0.794. The molecule has 0 aliphatic rings. The van der Waals surface area contributed by atoms with Crippen molar-refractivity contribution in [2.45, 2.75) is 32.4 Å². The lowest BCUT2D eigenvalue weighted by Gasteiger charge is -2.18. The third-order valence-corrected chi connectivity index (χ3v) is 3.85. The van der Waals surface area contributed by atoms with Gasteiger partial charge in [0.1, 0.15) is 0 Å². The van der Waals surface area contributed by atoms with E-state index in [9.17, 15) is 9.90 Å². The maximum absolute atomic E-state index is 11.8. The maximum atomic E-state index is 11.8. The van der Waals surface area contributed by atoms with E-state index in [0.29, 0.717) is 11.6 Å². The Bertz CT molecular complexity index is 586. The minimum Gasteiger partial charge on any atom is -0.388 e. The number of aliphatic hydroxyl groups excluding tert-OH is 1. The summed E-state index contributed by atoms with van der Waals surface area (Å²) in [6, 6.07) is 8.95. The summed E-state index contributed by atoms with van der Waals surface area (Å²) >= 11 is 1.38. The largest absolute Gasteiger partial charge is 0.388 e. The van der Waals surface area contributed by atoms with Gasteiger partial charge in [0, 0.05) is 11.4 Å².